The molecule has 1 saturated carbocycles. The molecule has 4 rings (SSSR count). The first kappa shape index (κ1) is 27.2. The smallest absolute Gasteiger partial charge is 0.349 e. The van der Waals surface area contributed by atoms with Crippen LogP contribution in [0.2, 0.25) is 10.0 Å². The Kier molecular flexibility index (Phi) is 7.43. The number of hydrogen-bond acceptors (Lipinski definition) is 8. The van der Waals surface area contributed by atoms with Crippen molar-refractivity contribution in [3.63, 3.8) is 0 Å². The van der Waals surface area contributed by atoms with Crippen LogP contribution >= 0.6 is 23.2 Å². The number of alkyl halides is 2. The first-order chi connectivity index (χ1) is 17.3. The fraction of sp³-hybridized carbons (Fsp3) is 0.286. The van der Waals surface area contributed by atoms with Crippen LogP contribution in [0.15, 0.2) is 56.9 Å². The Morgan fingerprint density at radius 3 is 2.41 bits per heavy atom. The van der Waals surface area contributed by atoms with Crippen molar-refractivity contribution in [3.8, 4) is 11.4 Å². The maximum absolute atomic E-state index is 13.0. The van der Waals surface area contributed by atoms with Gasteiger partial charge in [-0.05, 0) is 24.3 Å². The zero-order valence-corrected chi connectivity index (χ0v) is 20.8. The number of halogens is 4. The summed E-state index contributed by atoms with van der Waals surface area (Å²) in [6.45, 7) is -0.508. The molecule has 2 aromatic carbocycles. The SMILES string of the molecule is O=c1[nH]c(=O)n(-c2cc(Cl)c(O[C@H]3[C@@H](O)C[C@]3(O)CNS(=O)(=O)c3ccccc3)c(Cl)c2)nc1C(F)F. The molecule has 11 nitrogen and oxygen atoms in total. The second-order valence-electron chi connectivity index (χ2n) is 8.15. The Morgan fingerprint density at radius 2 is 1.84 bits per heavy atom. The highest BCUT2D eigenvalue weighted by atomic mass is 35.5. The van der Waals surface area contributed by atoms with Gasteiger partial charge in [0.05, 0.1) is 26.7 Å². The van der Waals surface area contributed by atoms with Crippen LogP contribution in [0, 0.1) is 0 Å². The minimum absolute atomic E-state index is 0.0290. The van der Waals surface area contributed by atoms with E-state index in [1.165, 1.54) is 24.3 Å². The van der Waals surface area contributed by atoms with Gasteiger partial charge in [0, 0.05) is 13.0 Å². The van der Waals surface area contributed by atoms with Crippen molar-refractivity contribution in [2.24, 2.45) is 0 Å². The lowest BCUT2D eigenvalue weighted by molar-refractivity contribution is -0.197. The molecule has 1 fully saturated rings. The van der Waals surface area contributed by atoms with Crippen LogP contribution in [0.1, 0.15) is 18.5 Å². The molecule has 0 bridgehead atoms. The summed E-state index contributed by atoms with van der Waals surface area (Å²) in [7, 11) is -3.97. The molecular weight excluding hydrogens is 561 g/mol. The van der Waals surface area contributed by atoms with E-state index < -0.39 is 57.7 Å². The van der Waals surface area contributed by atoms with Crippen LogP contribution in [0.4, 0.5) is 8.78 Å². The van der Waals surface area contributed by atoms with Gasteiger partial charge < -0.3 is 14.9 Å². The molecule has 0 saturated heterocycles. The van der Waals surface area contributed by atoms with E-state index in [0.717, 1.165) is 12.1 Å². The van der Waals surface area contributed by atoms with Crippen molar-refractivity contribution >= 4 is 33.2 Å². The highest BCUT2D eigenvalue weighted by molar-refractivity contribution is 7.89. The van der Waals surface area contributed by atoms with Crippen LogP contribution in [0.3, 0.4) is 0 Å². The van der Waals surface area contributed by atoms with Gasteiger partial charge in [-0.25, -0.2) is 26.7 Å². The normalized spacial score (nSPS) is 21.6. The van der Waals surface area contributed by atoms with Crippen molar-refractivity contribution in [2.45, 2.75) is 35.6 Å². The van der Waals surface area contributed by atoms with Gasteiger partial charge in [-0.1, -0.05) is 41.4 Å². The molecular formula is C21H18Cl2F2N4O7S. The predicted molar refractivity (Wildman–Crippen MR) is 127 cm³/mol. The van der Waals surface area contributed by atoms with Crippen LogP contribution in [0.5, 0.6) is 5.75 Å². The Balaban J connectivity index is 1.57. The van der Waals surface area contributed by atoms with Crippen molar-refractivity contribution in [1.82, 2.24) is 19.5 Å². The van der Waals surface area contributed by atoms with Gasteiger partial charge in [-0.15, -0.1) is 0 Å². The highest BCUT2D eigenvalue weighted by Crippen LogP contribution is 2.41. The maximum Gasteiger partial charge on any atom is 0.349 e. The minimum atomic E-state index is -3.97. The number of aromatic amines is 1. The molecule has 3 aromatic rings. The molecule has 1 aromatic heterocycles. The van der Waals surface area contributed by atoms with E-state index in [1.807, 2.05) is 0 Å². The summed E-state index contributed by atoms with van der Waals surface area (Å²) in [5, 5.41) is 24.0. The molecule has 37 heavy (non-hydrogen) atoms. The zero-order valence-electron chi connectivity index (χ0n) is 18.4. The number of sulfonamides is 1. The summed E-state index contributed by atoms with van der Waals surface area (Å²) in [6.07, 6.45) is -6.06. The number of hydrogen-bond donors (Lipinski definition) is 4. The summed E-state index contributed by atoms with van der Waals surface area (Å²) in [4.78, 5) is 25.3. The second kappa shape index (κ2) is 10.1. The lowest BCUT2D eigenvalue weighted by atomic mass is 9.74. The van der Waals surface area contributed by atoms with Crippen LogP contribution in [-0.4, -0.2) is 57.7 Å². The van der Waals surface area contributed by atoms with E-state index in [4.69, 9.17) is 27.9 Å². The fourth-order valence-electron chi connectivity index (χ4n) is 3.69. The van der Waals surface area contributed by atoms with Crippen molar-refractivity contribution < 1.29 is 32.1 Å². The number of H-pyrrole nitrogens is 1. The first-order valence-corrected chi connectivity index (χ1v) is 12.7. The number of benzene rings is 2. The predicted octanol–water partition coefficient (Wildman–Crippen LogP) is 1.39. The van der Waals surface area contributed by atoms with Gasteiger partial charge in [-0.2, -0.15) is 9.78 Å². The standard InChI is InChI=1S/C21H18Cl2F2N4O7S/c22-12-6-10(29-20(32)27-19(31)15(28-29)18(24)25)7-13(23)16(12)36-17-14(30)8-21(17,33)9-26-37(34,35)11-4-2-1-3-5-11/h1-7,14,17-18,26,30,33H,8-9H2,(H,27,31,32)/t14-,17-,21-/m0/s1. The molecule has 4 N–H and O–H groups in total. The number of rotatable bonds is 8. The van der Waals surface area contributed by atoms with E-state index in [9.17, 15) is 37.0 Å². The van der Waals surface area contributed by atoms with Gasteiger partial charge in [0.15, 0.2) is 17.5 Å². The molecule has 3 atom stereocenters. The molecule has 16 heteroatoms. The van der Waals surface area contributed by atoms with Crippen molar-refractivity contribution in [1.29, 1.82) is 0 Å². The summed E-state index contributed by atoms with van der Waals surface area (Å²) in [5.41, 5.74) is -5.71. The maximum atomic E-state index is 13.0. The number of aliphatic hydroxyl groups is 2. The van der Waals surface area contributed by atoms with Gasteiger partial charge in [0.1, 0.15) is 5.60 Å². The van der Waals surface area contributed by atoms with Crippen LogP contribution < -0.4 is 20.7 Å². The van der Waals surface area contributed by atoms with Gasteiger partial charge in [-0.3, -0.25) is 9.78 Å². The molecule has 0 radical (unpaired) electrons. The number of aromatic nitrogens is 3. The van der Waals surface area contributed by atoms with E-state index in [2.05, 4.69) is 9.82 Å². The van der Waals surface area contributed by atoms with Gasteiger partial charge in [0.2, 0.25) is 10.0 Å². The molecule has 0 aliphatic heterocycles. The summed E-state index contributed by atoms with van der Waals surface area (Å²) < 4.78 is 59.4. The topological polar surface area (TPSA) is 164 Å². The Labute approximate surface area is 217 Å². The number of nitrogens with one attached hydrogen (secondary N) is 2. The Morgan fingerprint density at radius 1 is 1.22 bits per heavy atom. The third kappa shape index (κ3) is 5.39. The monoisotopic (exact) mass is 578 g/mol. The third-order valence-electron chi connectivity index (χ3n) is 5.60. The van der Waals surface area contributed by atoms with Crippen LogP contribution in [-0.2, 0) is 10.0 Å². The summed E-state index contributed by atoms with van der Waals surface area (Å²) in [5.74, 6) is -0.244. The van der Waals surface area contributed by atoms with Gasteiger partial charge >= 0.3 is 5.69 Å². The average Bonchev–Trinajstić information content (AvgIpc) is 2.82. The Bertz CT molecular complexity index is 1530. The number of aliphatic hydroxyl groups excluding tert-OH is 1. The first-order valence-electron chi connectivity index (χ1n) is 10.5. The quantitative estimate of drug-likeness (QED) is 0.311. The third-order valence-corrected chi connectivity index (χ3v) is 7.57. The molecule has 1 heterocycles. The van der Waals surface area contributed by atoms with E-state index in [1.54, 1.807) is 11.1 Å². The van der Waals surface area contributed by atoms with Crippen molar-refractivity contribution in [2.75, 3.05) is 6.54 Å². The fourth-order valence-corrected chi connectivity index (χ4v) is 5.37. The lowest BCUT2D eigenvalue weighted by Crippen LogP contribution is -2.68. The minimum Gasteiger partial charge on any atom is -0.482 e. The Hall–Kier alpha value is -2.88. The summed E-state index contributed by atoms with van der Waals surface area (Å²) in [6, 6.07) is 9.58. The molecule has 1 aliphatic carbocycles. The van der Waals surface area contributed by atoms with Crippen molar-refractivity contribution in [3.05, 3.63) is 79.0 Å². The second-order valence-corrected chi connectivity index (χ2v) is 10.7. The van der Waals surface area contributed by atoms with Crippen LogP contribution in [0.25, 0.3) is 5.69 Å². The van der Waals surface area contributed by atoms with Gasteiger partial charge in [0.25, 0.3) is 12.0 Å². The lowest BCUT2D eigenvalue weighted by Gasteiger charge is -2.48. The summed E-state index contributed by atoms with van der Waals surface area (Å²) >= 11 is 12.4. The van der Waals surface area contributed by atoms with E-state index in [-0.39, 0.29) is 32.8 Å². The molecule has 1 aliphatic rings. The number of nitrogens with zero attached hydrogens (tertiary/aromatic N) is 2. The van der Waals surface area contributed by atoms with E-state index >= 15 is 0 Å². The largest absolute Gasteiger partial charge is 0.482 e. The molecule has 0 spiro atoms. The number of ether oxygens (including phenoxy) is 1. The molecule has 198 valence electrons. The molecule has 0 amide bonds. The van der Waals surface area contributed by atoms with E-state index in [0.29, 0.717) is 4.68 Å². The average molecular weight is 579 g/mol. The zero-order chi connectivity index (χ0) is 27.1. The highest BCUT2D eigenvalue weighted by Gasteiger charge is 2.55. The molecule has 0 unspecified atom stereocenters.